The normalized spacial score (nSPS) is 19.7. The second-order valence-electron chi connectivity index (χ2n) is 10.0. The van der Waals surface area contributed by atoms with Crippen LogP contribution in [0.1, 0.15) is 66.1 Å². The van der Waals surface area contributed by atoms with Gasteiger partial charge in [0.25, 0.3) is 5.91 Å². The summed E-state index contributed by atoms with van der Waals surface area (Å²) in [5.41, 5.74) is 2.59. The SMILES string of the molecule is CC1CCC(c2ccc(C(=O)NCCC(=O)O)cc2)(c2ccc(-c3ccc(Cl)c(C(F)(F)F)c3)cc2)CC1. The highest BCUT2D eigenvalue weighted by atomic mass is 35.5. The van der Waals surface area contributed by atoms with Crippen molar-refractivity contribution in [2.45, 2.75) is 50.6 Å². The van der Waals surface area contributed by atoms with Crippen molar-refractivity contribution < 1.29 is 27.9 Å². The van der Waals surface area contributed by atoms with E-state index in [9.17, 15) is 22.8 Å². The molecule has 3 aromatic carbocycles. The maximum atomic E-state index is 13.4. The van der Waals surface area contributed by atoms with Crippen LogP contribution in [0.5, 0.6) is 0 Å². The molecule has 1 fully saturated rings. The average Bonchev–Trinajstić information content (AvgIpc) is 2.89. The van der Waals surface area contributed by atoms with Crippen molar-refractivity contribution in [2.75, 3.05) is 6.54 Å². The van der Waals surface area contributed by atoms with Crippen LogP contribution < -0.4 is 5.32 Å². The highest BCUT2D eigenvalue weighted by molar-refractivity contribution is 6.31. The molecular formula is C30H29ClF3NO3. The third-order valence-corrected chi connectivity index (χ3v) is 7.82. The van der Waals surface area contributed by atoms with E-state index < -0.39 is 17.7 Å². The van der Waals surface area contributed by atoms with Crippen LogP contribution in [0.15, 0.2) is 66.7 Å². The summed E-state index contributed by atoms with van der Waals surface area (Å²) in [6.07, 6.45) is -0.784. The second kappa shape index (κ2) is 11.2. The Morgan fingerprint density at radius 3 is 2.05 bits per heavy atom. The highest BCUT2D eigenvalue weighted by Gasteiger charge is 2.38. The van der Waals surface area contributed by atoms with Crippen molar-refractivity contribution in [1.82, 2.24) is 5.32 Å². The number of benzene rings is 3. The molecule has 0 saturated heterocycles. The first-order chi connectivity index (χ1) is 18.0. The minimum atomic E-state index is -4.53. The van der Waals surface area contributed by atoms with E-state index in [1.807, 2.05) is 36.4 Å². The number of hydrogen-bond acceptors (Lipinski definition) is 2. The molecule has 0 aliphatic heterocycles. The molecule has 0 heterocycles. The third kappa shape index (κ3) is 6.04. The number of nitrogens with one attached hydrogen (secondary N) is 1. The van der Waals surface area contributed by atoms with Crippen LogP contribution in [0, 0.1) is 5.92 Å². The number of amides is 1. The van der Waals surface area contributed by atoms with Crippen LogP contribution in [0.25, 0.3) is 11.1 Å². The van der Waals surface area contributed by atoms with Gasteiger partial charge in [-0.3, -0.25) is 9.59 Å². The minimum absolute atomic E-state index is 0.0577. The van der Waals surface area contributed by atoms with Gasteiger partial charge in [0, 0.05) is 17.5 Å². The monoisotopic (exact) mass is 543 g/mol. The van der Waals surface area contributed by atoms with Gasteiger partial charge >= 0.3 is 12.1 Å². The van der Waals surface area contributed by atoms with Crippen LogP contribution in [0.2, 0.25) is 5.02 Å². The van der Waals surface area contributed by atoms with E-state index >= 15 is 0 Å². The Hall–Kier alpha value is -3.32. The molecule has 4 rings (SSSR count). The fraction of sp³-hybridized carbons (Fsp3) is 0.333. The number of carboxylic acids is 1. The van der Waals surface area contributed by atoms with Crippen molar-refractivity contribution in [1.29, 1.82) is 0 Å². The summed E-state index contributed by atoms with van der Waals surface area (Å²) in [5, 5.41) is 11.1. The van der Waals surface area contributed by atoms with Crippen LogP contribution in [-0.4, -0.2) is 23.5 Å². The van der Waals surface area contributed by atoms with Gasteiger partial charge in [0.15, 0.2) is 0 Å². The van der Waals surface area contributed by atoms with E-state index in [2.05, 4.69) is 12.2 Å². The third-order valence-electron chi connectivity index (χ3n) is 7.49. The Kier molecular flexibility index (Phi) is 8.16. The molecule has 0 bridgehead atoms. The summed E-state index contributed by atoms with van der Waals surface area (Å²) in [4.78, 5) is 23.1. The number of halogens is 4. The predicted octanol–water partition coefficient (Wildman–Crippen LogP) is 7.73. The molecular weight excluding hydrogens is 515 g/mol. The van der Waals surface area contributed by atoms with Gasteiger partial charge in [-0.25, -0.2) is 0 Å². The van der Waals surface area contributed by atoms with Crippen LogP contribution >= 0.6 is 11.6 Å². The van der Waals surface area contributed by atoms with Gasteiger partial charge in [0.2, 0.25) is 0 Å². The molecule has 200 valence electrons. The standard InChI is InChI=1S/C30H29ClF3NO3/c1-19-12-15-29(16-13-19,24-9-4-21(5-10-24)28(38)35-17-14-27(36)37)23-7-2-20(3-8-23)22-6-11-26(31)25(18-22)30(32,33)34/h2-11,18-19H,12-17H2,1H3,(H,35,38)(H,36,37). The van der Waals surface area contributed by atoms with Gasteiger partial charge in [0.1, 0.15) is 0 Å². The smallest absolute Gasteiger partial charge is 0.417 e. The Labute approximate surface area is 224 Å². The van der Waals surface area contributed by atoms with Crippen molar-refractivity contribution in [3.63, 3.8) is 0 Å². The predicted molar refractivity (Wildman–Crippen MR) is 141 cm³/mol. The molecule has 0 spiro atoms. The van der Waals surface area contributed by atoms with E-state index in [4.69, 9.17) is 16.7 Å². The summed E-state index contributed by atoms with van der Waals surface area (Å²) in [6, 6.07) is 19.0. The number of carboxylic acid groups (broad SMARTS) is 1. The lowest BCUT2D eigenvalue weighted by atomic mass is 9.63. The van der Waals surface area contributed by atoms with Crippen LogP contribution in [0.3, 0.4) is 0 Å². The number of aliphatic carboxylic acids is 1. The summed E-state index contributed by atoms with van der Waals surface area (Å²) in [7, 11) is 0. The Morgan fingerprint density at radius 1 is 0.947 bits per heavy atom. The molecule has 1 amide bonds. The number of alkyl halides is 3. The zero-order chi connectivity index (χ0) is 27.5. The lowest BCUT2D eigenvalue weighted by Gasteiger charge is -2.41. The minimum Gasteiger partial charge on any atom is -0.481 e. The number of hydrogen-bond donors (Lipinski definition) is 2. The maximum Gasteiger partial charge on any atom is 0.417 e. The van der Waals surface area contributed by atoms with Crippen molar-refractivity contribution >= 4 is 23.5 Å². The molecule has 4 nitrogen and oxygen atoms in total. The lowest BCUT2D eigenvalue weighted by molar-refractivity contribution is -0.138. The van der Waals surface area contributed by atoms with Crippen molar-refractivity contribution in [3.05, 3.63) is 94.0 Å². The fourth-order valence-electron chi connectivity index (χ4n) is 5.23. The van der Waals surface area contributed by atoms with E-state index in [1.54, 1.807) is 18.2 Å². The van der Waals surface area contributed by atoms with E-state index in [-0.39, 0.29) is 29.3 Å². The number of carbonyl (C=O) groups is 2. The molecule has 38 heavy (non-hydrogen) atoms. The van der Waals surface area contributed by atoms with Gasteiger partial charge in [-0.05, 0) is 78.1 Å². The van der Waals surface area contributed by atoms with E-state index in [0.717, 1.165) is 42.9 Å². The highest BCUT2D eigenvalue weighted by Crippen LogP contribution is 2.47. The molecule has 1 saturated carbocycles. The first-order valence-corrected chi connectivity index (χ1v) is 13.0. The van der Waals surface area contributed by atoms with Gasteiger partial charge in [-0.2, -0.15) is 13.2 Å². The fourth-order valence-corrected chi connectivity index (χ4v) is 5.45. The summed E-state index contributed by atoms with van der Waals surface area (Å²) in [5.74, 6) is -0.705. The Morgan fingerprint density at radius 2 is 1.50 bits per heavy atom. The number of rotatable bonds is 7. The number of carbonyl (C=O) groups excluding carboxylic acids is 1. The van der Waals surface area contributed by atoms with Crippen molar-refractivity contribution in [3.8, 4) is 11.1 Å². The van der Waals surface area contributed by atoms with Crippen LogP contribution in [0.4, 0.5) is 13.2 Å². The Bertz CT molecular complexity index is 1300. The molecule has 0 atom stereocenters. The summed E-state index contributed by atoms with van der Waals surface area (Å²) < 4.78 is 40.1. The Balaban J connectivity index is 1.62. The molecule has 1 aliphatic carbocycles. The first-order valence-electron chi connectivity index (χ1n) is 12.6. The van der Waals surface area contributed by atoms with Gasteiger partial charge in [-0.1, -0.05) is 61.0 Å². The largest absolute Gasteiger partial charge is 0.481 e. The summed E-state index contributed by atoms with van der Waals surface area (Å²) in [6.45, 7) is 2.29. The first kappa shape index (κ1) is 27.7. The molecule has 3 aromatic rings. The molecule has 0 unspecified atom stereocenters. The van der Waals surface area contributed by atoms with Crippen LogP contribution in [-0.2, 0) is 16.4 Å². The molecule has 8 heteroatoms. The van der Waals surface area contributed by atoms with Gasteiger partial charge < -0.3 is 10.4 Å². The van der Waals surface area contributed by atoms with E-state index in [0.29, 0.717) is 22.6 Å². The average molecular weight is 544 g/mol. The quantitative estimate of drug-likeness (QED) is 0.320. The topological polar surface area (TPSA) is 66.4 Å². The molecule has 0 aromatic heterocycles. The lowest BCUT2D eigenvalue weighted by Crippen LogP contribution is -2.33. The zero-order valence-electron chi connectivity index (χ0n) is 20.9. The second-order valence-corrected chi connectivity index (χ2v) is 10.4. The molecule has 2 N–H and O–H groups in total. The van der Waals surface area contributed by atoms with Crippen molar-refractivity contribution in [2.24, 2.45) is 5.92 Å². The summed E-state index contributed by atoms with van der Waals surface area (Å²) >= 11 is 5.79. The van der Waals surface area contributed by atoms with Gasteiger partial charge in [-0.15, -0.1) is 0 Å². The van der Waals surface area contributed by atoms with E-state index in [1.165, 1.54) is 6.07 Å². The molecule has 0 radical (unpaired) electrons. The maximum absolute atomic E-state index is 13.4. The zero-order valence-corrected chi connectivity index (χ0v) is 21.7. The van der Waals surface area contributed by atoms with Gasteiger partial charge in [0.05, 0.1) is 17.0 Å². The molecule has 1 aliphatic rings.